The van der Waals surface area contributed by atoms with Gasteiger partial charge in [0.25, 0.3) is 0 Å². The number of hydrogen-bond donors (Lipinski definition) is 1. The van der Waals surface area contributed by atoms with Crippen LogP contribution in [0.15, 0.2) is 64.0 Å². The van der Waals surface area contributed by atoms with Crippen molar-refractivity contribution in [1.29, 1.82) is 0 Å². The average Bonchev–Trinajstić information content (AvgIpc) is 2.64. The number of likely N-dealkylation sites (tertiary alicyclic amines) is 1. The monoisotopic (exact) mass is 436 g/mol. The van der Waals surface area contributed by atoms with Gasteiger partial charge < -0.3 is 0 Å². The van der Waals surface area contributed by atoms with Gasteiger partial charge in [-0.05, 0) is 68.1 Å². The number of sulfonamides is 1. The van der Waals surface area contributed by atoms with E-state index in [9.17, 15) is 8.42 Å². The standard InChI is InChI=1S/C20H25BrN2O2S/c21-19-6-8-20(9-7-19)26(24,25)22-13-10-17-11-14-23(15-12-17)16-18-4-2-1-3-5-18/h1-9,17,22H,10-16H2. The Morgan fingerprint density at radius 3 is 2.31 bits per heavy atom. The maximum Gasteiger partial charge on any atom is 0.240 e. The van der Waals surface area contributed by atoms with Crippen LogP contribution >= 0.6 is 15.9 Å². The van der Waals surface area contributed by atoms with Crippen LogP contribution in [0.1, 0.15) is 24.8 Å². The first kappa shape index (κ1) is 19.5. The predicted molar refractivity (Wildman–Crippen MR) is 108 cm³/mol. The fourth-order valence-electron chi connectivity index (χ4n) is 3.37. The highest BCUT2D eigenvalue weighted by atomic mass is 79.9. The SMILES string of the molecule is O=S(=O)(NCCC1CCN(Cc2ccccc2)CC1)c1ccc(Br)cc1. The molecule has 3 rings (SSSR count). The van der Waals surface area contributed by atoms with Gasteiger partial charge in [-0.25, -0.2) is 13.1 Å². The molecule has 0 bridgehead atoms. The summed E-state index contributed by atoms with van der Waals surface area (Å²) in [5, 5.41) is 0. The molecular formula is C20H25BrN2O2S. The van der Waals surface area contributed by atoms with Crippen LogP contribution in [0, 0.1) is 5.92 Å². The highest BCUT2D eigenvalue weighted by Crippen LogP contribution is 2.22. The first-order chi connectivity index (χ1) is 12.5. The van der Waals surface area contributed by atoms with Crippen LogP contribution in [0.3, 0.4) is 0 Å². The molecule has 140 valence electrons. The minimum Gasteiger partial charge on any atom is -0.299 e. The van der Waals surface area contributed by atoms with E-state index >= 15 is 0 Å². The Bertz CT molecular complexity index is 786. The highest BCUT2D eigenvalue weighted by Gasteiger charge is 2.20. The van der Waals surface area contributed by atoms with Gasteiger partial charge in [-0.1, -0.05) is 46.3 Å². The van der Waals surface area contributed by atoms with Gasteiger partial charge in [0.1, 0.15) is 0 Å². The van der Waals surface area contributed by atoms with E-state index < -0.39 is 10.0 Å². The van der Waals surface area contributed by atoms with Crippen molar-refractivity contribution < 1.29 is 8.42 Å². The van der Waals surface area contributed by atoms with Crippen molar-refractivity contribution in [3.63, 3.8) is 0 Å². The normalized spacial score (nSPS) is 16.7. The zero-order valence-corrected chi connectivity index (χ0v) is 17.2. The van der Waals surface area contributed by atoms with Crippen LogP contribution in [-0.2, 0) is 16.6 Å². The van der Waals surface area contributed by atoms with Crippen LogP contribution in [0.4, 0.5) is 0 Å². The zero-order valence-electron chi connectivity index (χ0n) is 14.8. The summed E-state index contributed by atoms with van der Waals surface area (Å²) in [6.07, 6.45) is 3.16. The first-order valence-corrected chi connectivity index (χ1v) is 11.3. The van der Waals surface area contributed by atoms with E-state index in [1.54, 1.807) is 24.3 Å². The molecule has 0 unspecified atom stereocenters. The van der Waals surface area contributed by atoms with E-state index in [4.69, 9.17) is 0 Å². The number of nitrogens with one attached hydrogen (secondary N) is 1. The summed E-state index contributed by atoms with van der Waals surface area (Å²) in [6.45, 7) is 3.67. The summed E-state index contributed by atoms with van der Waals surface area (Å²) in [4.78, 5) is 2.80. The maximum absolute atomic E-state index is 12.3. The van der Waals surface area contributed by atoms with Crippen molar-refractivity contribution in [2.45, 2.75) is 30.7 Å². The lowest BCUT2D eigenvalue weighted by atomic mass is 9.93. The molecule has 0 amide bonds. The van der Waals surface area contributed by atoms with Gasteiger partial charge in [0.05, 0.1) is 4.90 Å². The molecule has 1 aliphatic heterocycles. The summed E-state index contributed by atoms with van der Waals surface area (Å²) < 4.78 is 28.2. The van der Waals surface area contributed by atoms with E-state index in [0.717, 1.165) is 43.4 Å². The van der Waals surface area contributed by atoms with Crippen molar-refractivity contribution in [3.05, 3.63) is 64.6 Å². The third-order valence-corrected chi connectivity index (χ3v) is 6.93. The summed E-state index contributed by atoms with van der Waals surface area (Å²) in [5.41, 5.74) is 1.35. The second-order valence-electron chi connectivity index (χ2n) is 6.85. The van der Waals surface area contributed by atoms with Crippen molar-refractivity contribution in [2.24, 2.45) is 5.92 Å². The molecule has 1 N–H and O–H groups in total. The van der Waals surface area contributed by atoms with Crippen molar-refractivity contribution in [1.82, 2.24) is 9.62 Å². The molecule has 2 aromatic rings. The number of nitrogens with zero attached hydrogens (tertiary/aromatic N) is 1. The van der Waals surface area contributed by atoms with Gasteiger partial charge in [-0.15, -0.1) is 0 Å². The molecule has 0 aliphatic carbocycles. The van der Waals surface area contributed by atoms with Crippen LogP contribution in [0.2, 0.25) is 0 Å². The quantitative estimate of drug-likeness (QED) is 0.712. The number of hydrogen-bond acceptors (Lipinski definition) is 3. The molecule has 1 saturated heterocycles. The molecule has 1 heterocycles. The lowest BCUT2D eigenvalue weighted by molar-refractivity contribution is 0.173. The smallest absolute Gasteiger partial charge is 0.240 e. The summed E-state index contributed by atoms with van der Waals surface area (Å²) in [5.74, 6) is 0.592. The molecule has 0 saturated carbocycles. The van der Waals surface area contributed by atoms with Gasteiger partial charge in [0, 0.05) is 17.6 Å². The maximum atomic E-state index is 12.3. The predicted octanol–water partition coefficient (Wildman–Crippen LogP) is 4.03. The molecule has 1 fully saturated rings. The van der Waals surface area contributed by atoms with Crippen molar-refractivity contribution in [2.75, 3.05) is 19.6 Å². The second-order valence-corrected chi connectivity index (χ2v) is 9.53. The van der Waals surface area contributed by atoms with Crippen LogP contribution in [-0.4, -0.2) is 33.0 Å². The Morgan fingerprint density at radius 2 is 1.65 bits per heavy atom. The largest absolute Gasteiger partial charge is 0.299 e. The number of piperidine rings is 1. The minimum atomic E-state index is -3.41. The average molecular weight is 437 g/mol. The van der Waals surface area contributed by atoms with Crippen LogP contribution in [0.5, 0.6) is 0 Å². The molecule has 0 radical (unpaired) electrons. The molecule has 26 heavy (non-hydrogen) atoms. The fourth-order valence-corrected chi connectivity index (χ4v) is 4.68. The van der Waals surface area contributed by atoms with Gasteiger partial charge >= 0.3 is 0 Å². The molecule has 0 aromatic heterocycles. The number of rotatable bonds is 7. The number of halogens is 1. The van der Waals surface area contributed by atoms with E-state index in [-0.39, 0.29) is 0 Å². The van der Waals surface area contributed by atoms with E-state index in [2.05, 4.69) is 49.8 Å². The third-order valence-electron chi connectivity index (χ3n) is 4.92. The van der Waals surface area contributed by atoms with Gasteiger partial charge in [-0.2, -0.15) is 0 Å². The first-order valence-electron chi connectivity index (χ1n) is 9.04. The van der Waals surface area contributed by atoms with Crippen LogP contribution in [0.25, 0.3) is 0 Å². The summed E-state index contributed by atoms with van der Waals surface area (Å²) >= 11 is 3.32. The highest BCUT2D eigenvalue weighted by molar-refractivity contribution is 9.10. The molecule has 1 aliphatic rings. The van der Waals surface area contributed by atoms with Gasteiger partial charge in [0.15, 0.2) is 0 Å². The van der Waals surface area contributed by atoms with Crippen molar-refractivity contribution >= 4 is 26.0 Å². The van der Waals surface area contributed by atoms with Gasteiger partial charge in [0.2, 0.25) is 10.0 Å². The Hall–Kier alpha value is -1.21. The Morgan fingerprint density at radius 1 is 1.00 bits per heavy atom. The lowest BCUT2D eigenvalue weighted by Gasteiger charge is -2.32. The molecular weight excluding hydrogens is 412 g/mol. The zero-order chi connectivity index (χ0) is 18.4. The van der Waals surface area contributed by atoms with E-state index in [1.165, 1.54) is 5.56 Å². The summed E-state index contributed by atoms with van der Waals surface area (Å²) in [7, 11) is -3.41. The molecule has 6 heteroatoms. The Balaban J connectivity index is 1.40. The molecule has 0 atom stereocenters. The number of benzene rings is 2. The topological polar surface area (TPSA) is 49.4 Å². The van der Waals surface area contributed by atoms with Gasteiger partial charge in [-0.3, -0.25) is 4.90 Å². The van der Waals surface area contributed by atoms with E-state index in [1.807, 2.05) is 6.07 Å². The van der Waals surface area contributed by atoms with Crippen LogP contribution < -0.4 is 4.72 Å². The molecule has 4 nitrogen and oxygen atoms in total. The third kappa shape index (κ3) is 5.64. The Labute approximate surface area is 164 Å². The minimum absolute atomic E-state index is 0.318. The lowest BCUT2D eigenvalue weighted by Crippen LogP contribution is -2.34. The molecule has 0 spiro atoms. The van der Waals surface area contributed by atoms with E-state index in [0.29, 0.717) is 17.4 Å². The summed E-state index contributed by atoms with van der Waals surface area (Å²) in [6, 6.07) is 17.3. The molecule has 2 aromatic carbocycles. The Kier molecular flexibility index (Phi) is 6.86. The second kappa shape index (κ2) is 9.13. The van der Waals surface area contributed by atoms with Crippen molar-refractivity contribution in [3.8, 4) is 0 Å². The fraction of sp³-hybridized carbons (Fsp3) is 0.400.